The first-order valence-corrected chi connectivity index (χ1v) is 4.28. The molecule has 88 valence electrons. The summed E-state index contributed by atoms with van der Waals surface area (Å²) in [5.74, 6) is -1.99. The highest BCUT2D eigenvalue weighted by Crippen LogP contribution is 1.97. The molecule has 0 radical (unpaired) electrons. The van der Waals surface area contributed by atoms with Gasteiger partial charge in [0.1, 0.15) is 6.54 Å². The highest BCUT2D eigenvalue weighted by atomic mass is 16.7. The topological polar surface area (TPSA) is 131 Å². The van der Waals surface area contributed by atoms with Gasteiger partial charge in [0, 0.05) is 0 Å². The van der Waals surface area contributed by atoms with Gasteiger partial charge in [-0.1, -0.05) is 0 Å². The lowest BCUT2D eigenvalue weighted by Gasteiger charge is -2.11. The Labute approximate surface area is 89.8 Å². The Bertz CT molecular complexity index is 326. The van der Waals surface area contributed by atoms with Crippen LogP contribution in [0.4, 0.5) is 4.79 Å². The number of hydroxylamine groups is 1. The predicted octanol–water partition coefficient (Wildman–Crippen LogP) is -2.93. The molecule has 1 fully saturated rings. The molecule has 1 rings (SSSR count). The van der Waals surface area contributed by atoms with Crippen LogP contribution in [0.1, 0.15) is 0 Å². The number of hydrogen-bond acceptors (Lipinski definition) is 5. The number of imide groups is 1. The number of rotatable bonds is 5. The minimum absolute atomic E-state index is 0.131. The van der Waals surface area contributed by atoms with Crippen LogP contribution in [0.5, 0.6) is 0 Å². The molecule has 0 aromatic heterocycles. The molecule has 16 heavy (non-hydrogen) atoms. The molecular formula is C7H10N4O5. The molecule has 5 amide bonds. The van der Waals surface area contributed by atoms with Crippen LogP contribution in [0.3, 0.4) is 0 Å². The molecule has 1 aliphatic rings. The van der Waals surface area contributed by atoms with Gasteiger partial charge in [-0.05, 0) is 0 Å². The number of nitrogens with two attached hydrogens (primary N) is 1. The van der Waals surface area contributed by atoms with Gasteiger partial charge >= 0.3 is 6.03 Å². The van der Waals surface area contributed by atoms with Gasteiger partial charge in [-0.2, -0.15) is 0 Å². The fourth-order valence-electron chi connectivity index (χ4n) is 0.979. The van der Waals surface area contributed by atoms with Crippen LogP contribution in [0, 0.1) is 0 Å². The molecule has 4 N–H and O–H groups in total. The number of nitrogens with one attached hydrogen (secondary N) is 2. The molecule has 0 atom stereocenters. The fourth-order valence-corrected chi connectivity index (χ4v) is 0.979. The molecule has 0 aromatic rings. The molecule has 9 nitrogen and oxygen atoms in total. The monoisotopic (exact) mass is 230 g/mol. The van der Waals surface area contributed by atoms with Crippen molar-refractivity contribution in [3.8, 4) is 0 Å². The summed E-state index contributed by atoms with van der Waals surface area (Å²) in [4.78, 5) is 48.5. The lowest BCUT2D eigenvalue weighted by atomic mass is 10.5. The van der Waals surface area contributed by atoms with Crippen LogP contribution in [0.15, 0.2) is 0 Å². The summed E-state index contributed by atoms with van der Waals surface area (Å²) in [7, 11) is 0. The second kappa shape index (κ2) is 5.07. The third-order valence-corrected chi connectivity index (χ3v) is 1.64. The van der Waals surface area contributed by atoms with Crippen molar-refractivity contribution in [3.05, 3.63) is 0 Å². The highest BCUT2D eigenvalue weighted by molar-refractivity contribution is 6.04. The van der Waals surface area contributed by atoms with E-state index < -0.39 is 36.9 Å². The Morgan fingerprint density at radius 1 is 1.50 bits per heavy atom. The predicted molar refractivity (Wildman–Crippen MR) is 48.4 cm³/mol. The Hall–Kier alpha value is -2.16. The van der Waals surface area contributed by atoms with E-state index in [1.165, 1.54) is 0 Å². The molecule has 1 aliphatic heterocycles. The quantitative estimate of drug-likeness (QED) is 0.344. The summed E-state index contributed by atoms with van der Waals surface area (Å²) >= 11 is 0. The van der Waals surface area contributed by atoms with Crippen molar-refractivity contribution >= 4 is 23.8 Å². The van der Waals surface area contributed by atoms with Crippen LogP contribution >= 0.6 is 0 Å². The number of urea groups is 1. The SMILES string of the molecule is NC(=O)CONC(=O)CN1C(=O)CNC1=O. The van der Waals surface area contributed by atoms with Gasteiger partial charge in [-0.15, -0.1) is 0 Å². The number of carbonyl (C=O) groups excluding carboxylic acids is 4. The zero-order valence-electron chi connectivity index (χ0n) is 8.19. The van der Waals surface area contributed by atoms with E-state index in [2.05, 4.69) is 10.2 Å². The summed E-state index contributed by atoms with van der Waals surface area (Å²) in [6.07, 6.45) is 0. The second-order valence-corrected chi connectivity index (χ2v) is 2.92. The lowest BCUT2D eigenvalue weighted by molar-refractivity contribution is -0.141. The third kappa shape index (κ3) is 3.20. The average Bonchev–Trinajstić information content (AvgIpc) is 2.49. The van der Waals surface area contributed by atoms with E-state index in [1.54, 1.807) is 0 Å². The first-order chi connectivity index (χ1) is 7.50. The molecule has 0 bridgehead atoms. The van der Waals surface area contributed by atoms with E-state index in [-0.39, 0.29) is 6.54 Å². The largest absolute Gasteiger partial charge is 0.368 e. The molecule has 0 saturated carbocycles. The Morgan fingerprint density at radius 3 is 2.69 bits per heavy atom. The maximum absolute atomic E-state index is 11.1. The number of primary amides is 1. The Kier molecular flexibility index (Phi) is 3.78. The third-order valence-electron chi connectivity index (χ3n) is 1.64. The van der Waals surface area contributed by atoms with Crippen LogP contribution in [0.2, 0.25) is 0 Å². The van der Waals surface area contributed by atoms with Gasteiger partial charge in [0.05, 0.1) is 6.54 Å². The smallest absolute Gasteiger partial charge is 0.325 e. The second-order valence-electron chi connectivity index (χ2n) is 2.92. The van der Waals surface area contributed by atoms with Crippen molar-refractivity contribution in [3.63, 3.8) is 0 Å². The van der Waals surface area contributed by atoms with E-state index in [0.29, 0.717) is 0 Å². The van der Waals surface area contributed by atoms with Crippen molar-refractivity contribution in [2.75, 3.05) is 19.7 Å². The van der Waals surface area contributed by atoms with E-state index in [1.807, 2.05) is 5.48 Å². The first-order valence-electron chi connectivity index (χ1n) is 4.28. The van der Waals surface area contributed by atoms with Crippen LogP contribution in [-0.2, 0) is 19.2 Å². The standard InChI is InChI=1S/C7H10N4O5/c8-4(12)3-16-10-5(13)2-11-6(14)1-9-7(11)15/h1-3H2,(H2,8,12)(H,9,15)(H,10,13). The fraction of sp³-hybridized carbons (Fsp3) is 0.429. The van der Waals surface area contributed by atoms with Crippen LogP contribution in [0.25, 0.3) is 0 Å². The lowest BCUT2D eigenvalue weighted by Crippen LogP contribution is -2.41. The highest BCUT2D eigenvalue weighted by Gasteiger charge is 2.30. The van der Waals surface area contributed by atoms with Crippen molar-refractivity contribution in [1.82, 2.24) is 15.7 Å². The molecule has 0 spiro atoms. The van der Waals surface area contributed by atoms with E-state index >= 15 is 0 Å². The number of hydrogen-bond donors (Lipinski definition) is 3. The molecule has 1 saturated heterocycles. The van der Waals surface area contributed by atoms with Crippen LogP contribution in [-0.4, -0.2) is 48.3 Å². The van der Waals surface area contributed by atoms with E-state index in [9.17, 15) is 19.2 Å². The first kappa shape index (κ1) is 11.9. The summed E-state index contributed by atoms with van der Waals surface area (Å²) in [6.45, 7) is -1.08. The zero-order valence-corrected chi connectivity index (χ0v) is 8.19. The summed E-state index contributed by atoms with van der Waals surface area (Å²) in [5, 5.41) is 2.24. The summed E-state index contributed by atoms with van der Waals surface area (Å²) in [5.41, 5.74) is 6.61. The maximum atomic E-state index is 11.1. The molecule has 0 aliphatic carbocycles. The van der Waals surface area contributed by atoms with Gasteiger partial charge in [-0.3, -0.25) is 24.1 Å². The maximum Gasteiger partial charge on any atom is 0.325 e. The van der Waals surface area contributed by atoms with Gasteiger partial charge in [0.25, 0.3) is 11.8 Å². The molecule has 9 heteroatoms. The number of amides is 5. The van der Waals surface area contributed by atoms with Crippen LogP contribution < -0.4 is 16.5 Å². The Balaban J connectivity index is 2.31. The summed E-state index contributed by atoms with van der Waals surface area (Å²) in [6, 6.07) is -0.643. The normalized spacial score (nSPS) is 14.9. The molecule has 0 unspecified atom stereocenters. The number of nitrogens with zero attached hydrogens (tertiary/aromatic N) is 1. The van der Waals surface area contributed by atoms with E-state index in [4.69, 9.17) is 5.73 Å². The molecule has 1 heterocycles. The van der Waals surface area contributed by atoms with Gasteiger partial charge < -0.3 is 11.1 Å². The number of carbonyl (C=O) groups is 4. The molecule has 0 aromatic carbocycles. The Morgan fingerprint density at radius 2 is 2.19 bits per heavy atom. The van der Waals surface area contributed by atoms with Crippen molar-refractivity contribution in [2.24, 2.45) is 5.73 Å². The van der Waals surface area contributed by atoms with Crippen molar-refractivity contribution in [1.29, 1.82) is 0 Å². The van der Waals surface area contributed by atoms with Crippen molar-refractivity contribution in [2.45, 2.75) is 0 Å². The minimum atomic E-state index is -0.754. The van der Waals surface area contributed by atoms with Gasteiger partial charge in [0.2, 0.25) is 5.91 Å². The molecular weight excluding hydrogens is 220 g/mol. The van der Waals surface area contributed by atoms with Crippen molar-refractivity contribution < 1.29 is 24.0 Å². The van der Waals surface area contributed by atoms with Gasteiger partial charge in [-0.25, -0.2) is 10.3 Å². The average molecular weight is 230 g/mol. The summed E-state index contributed by atoms with van der Waals surface area (Å²) < 4.78 is 0. The zero-order chi connectivity index (χ0) is 12.1. The minimum Gasteiger partial charge on any atom is -0.368 e. The van der Waals surface area contributed by atoms with E-state index in [0.717, 1.165) is 4.90 Å². The van der Waals surface area contributed by atoms with Gasteiger partial charge in [0.15, 0.2) is 6.61 Å².